The first-order valence-corrected chi connectivity index (χ1v) is 8.56. The molecule has 118 valence electrons. The van der Waals surface area contributed by atoms with Crippen LogP contribution < -0.4 is 5.73 Å². The first-order valence-electron chi connectivity index (χ1n) is 8.56. The van der Waals surface area contributed by atoms with E-state index in [1.54, 1.807) is 0 Å². The monoisotopic (exact) mass is 282 g/mol. The molecule has 0 amide bonds. The van der Waals surface area contributed by atoms with E-state index in [4.69, 9.17) is 5.73 Å². The summed E-state index contributed by atoms with van der Waals surface area (Å²) in [7, 11) is 2.30. The van der Waals surface area contributed by atoms with Gasteiger partial charge < -0.3 is 15.5 Å². The van der Waals surface area contributed by atoms with Crippen LogP contribution in [0.2, 0.25) is 0 Å². The minimum atomic E-state index is 0.240. The Labute approximate surface area is 125 Å². The molecule has 0 saturated carbocycles. The van der Waals surface area contributed by atoms with Crippen molar-refractivity contribution < 1.29 is 0 Å². The quantitative estimate of drug-likeness (QED) is 0.794. The van der Waals surface area contributed by atoms with Gasteiger partial charge in [-0.05, 0) is 71.9 Å². The van der Waals surface area contributed by atoms with E-state index in [2.05, 4.69) is 28.7 Å². The summed E-state index contributed by atoms with van der Waals surface area (Å²) in [5.74, 6) is 0. The average Bonchev–Trinajstić information content (AvgIpc) is 2.90. The Morgan fingerprint density at radius 1 is 1.00 bits per heavy atom. The van der Waals surface area contributed by atoms with Crippen LogP contribution in [0.4, 0.5) is 0 Å². The van der Waals surface area contributed by atoms with Crippen molar-refractivity contribution >= 4 is 0 Å². The second-order valence-corrected chi connectivity index (χ2v) is 6.69. The highest BCUT2D eigenvalue weighted by Crippen LogP contribution is 2.27. The van der Waals surface area contributed by atoms with Crippen molar-refractivity contribution in [1.29, 1.82) is 0 Å². The van der Waals surface area contributed by atoms with Crippen LogP contribution in [-0.4, -0.2) is 79.6 Å². The van der Waals surface area contributed by atoms with Gasteiger partial charge in [-0.15, -0.1) is 0 Å². The highest BCUT2D eigenvalue weighted by atomic mass is 15.2. The second kappa shape index (κ2) is 7.74. The fourth-order valence-electron chi connectivity index (χ4n) is 3.83. The van der Waals surface area contributed by atoms with E-state index in [1.807, 2.05) is 0 Å². The fraction of sp³-hybridized carbons (Fsp3) is 1.00. The molecule has 2 N–H and O–H groups in total. The van der Waals surface area contributed by atoms with Gasteiger partial charge >= 0.3 is 0 Å². The van der Waals surface area contributed by atoms with Gasteiger partial charge in [0.15, 0.2) is 0 Å². The Morgan fingerprint density at radius 3 is 2.35 bits per heavy atom. The van der Waals surface area contributed by atoms with Gasteiger partial charge in [-0.2, -0.15) is 0 Å². The minimum Gasteiger partial charge on any atom is -0.329 e. The predicted molar refractivity (Wildman–Crippen MR) is 86.1 cm³/mol. The Kier molecular flexibility index (Phi) is 6.27. The van der Waals surface area contributed by atoms with E-state index in [0.717, 1.165) is 6.54 Å². The summed E-state index contributed by atoms with van der Waals surface area (Å²) in [6.45, 7) is 11.7. The summed E-state index contributed by atoms with van der Waals surface area (Å²) >= 11 is 0. The summed E-state index contributed by atoms with van der Waals surface area (Å²) in [6, 6.07) is 0. The van der Waals surface area contributed by atoms with Crippen molar-refractivity contribution in [3.63, 3.8) is 0 Å². The maximum atomic E-state index is 6.21. The van der Waals surface area contributed by atoms with Gasteiger partial charge in [0.05, 0.1) is 0 Å². The second-order valence-electron chi connectivity index (χ2n) is 6.69. The van der Waals surface area contributed by atoms with Crippen LogP contribution in [0, 0.1) is 0 Å². The third-order valence-electron chi connectivity index (χ3n) is 5.60. The number of nitrogens with two attached hydrogens (primary N) is 1. The minimum absolute atomic E-state index is 0.240. The van der Waals surface area contributed by atoms with Gasteiger partial charge in [0.2, 0.25) is 0 Å². The van der Waals surface area contributed by atoms with Gasteiger partial charge in [0.25, 0.3) is 0 Å². The van der Waals surface area contributed by atoms with Crippen LogP contribution in [0.15, 0.2) is 0 Å². The van der Waals surface area contributed by atoms with Crippen molar-refractivity contribution in [3.8, 4) is 0 Å². The van der Waals surface area contributed by atoms with Crippen molar-refractivity contribution in [2.24, 2.45) is 5.73 Å². The molecule has 4 nitrogen and oxygen atoms in total. The Balaban J connectivity index is 1.87. The molecule has 2 rings (SSSR count). The molecule has 0 aromatic rings. The smallest absolute Gasteiger partial charge is 0.0341 e. The lowest BCUT2D eigenvalue weighted by molar-refractivity contribution is 0.0957. The fourth-order valence-corrected chi connectivity index (χ4v) is 3.83. The van der Waals surface area contributed by atoms with Crippen LogP contribution in [0.25, 0.3) is 0 Å². The molecular weight excluding hydrogens is 248 g/mol. The molecule has 0 aromatic carbocycles. The third kappa shape index (κ3) is 3.94. The SMILES string of the molecule is CCN1CCCC(CN)(N(C)CCN2CCCC2)CC1. The predicted octanol–water partition coefficient (Wildman–Crippen LogP) is 1.22. The van der Waals surface area contributed by atoms with Gasteiger partial charge in [0.1, 0.15) is 0 Å². The molecule has 0 spiro atoms. The summed E-state index contributed by atoms with van der Waals surface area (Å²) in [5.41, 5.74) is 6.45. The lowest BCUT2D eigenvalue weighted by Gasteiger charge is -2.41. The van der Waals surface area contributed by atoms with Crippen LogP contribution in [0.5, 0.6) is 0 Å². The molecule has 2 saturated heterocycles. The number of nitrogens with zero attached hydrogens (tertiary/aromatic N) is 3. The number of hydrogen-bond donors (Lipinski definition) is 1. The molecule has 1 atom stereocenters. The maximum absolute atomic E-state index is 6.21. The number of hydrogen-bond acceptors (Lipinski definition) is 4. The Bertz CT molecular complexity index is 278. The van der Waals surface area contributed by atoms with Crippen LogP contribution >= 0.6 is 0 Å². The van der Waals surface area contributed by atoms with Crippen molar-refractivity contribution in [1.82, 2.24) is 14.7 Å². The molecule has 2 aliphatic heterocycles. The molecule has 2 heterocycles. The molecule has 0 aliphatic carbocycles. The molecule has 20 heavy (non-hydrogen) atoms. The maximum Gasteiger partial charge on any atom is 0.0341 e. The summed E-state index contributed by atoms with van der Waals surface area (Å²) in [4.78, 5) is 7.76. The molecular formula is C16H34N4. The van der Waals surface area contributed by atoms with Gasteiger partial charge in [-0.25, -0.2) is 0 Å². The normalized spacial score (nSPS) is 30.0. The molecule has 0 aromatic heterocycles. The van der Waals surface area contributed by atoms with E-state index in [1.165, 1.54) is 77.9 Å². The topological polar surface area (TPSA) is 35.7 Å². The molecule has 2 aliphatic rings. The standard InChI is InChI=1S/C16H34N4/c1-3-19-11-6-7-16(15-17,8-12-19)18(2)13-14-20-9-4-5-10-20/h3-15,17H2,1-2H3. The van der Waals surface area contributed by atoms with Crippen molar-refractivity contribution in [2.75, 3.05) is 59.4 Å². The van der Waals surface area contributed by atoms with Gasteiger partial charge in [0, 0.05) is 25.2 Å². The van der Waals surface area contributed by atoms with E-state index in [9.17, 15) is 0 Å². The first-order chi connectivity index (χ1) is 9.70. The van der Waals surface area contributed by atoms with Crippen molar-refractivity contribution in [2.45, 2.75) is 44.6 Å². The zero-order valence-corrected chi connectivity index (χ0v) is 13.6. The zero-order valence-electron chi connectivity index (χ0n) is 13.6. The number of likely N-dealkylation sites (N-methyl/N-ethyl adjacent to an activating group) is 1. The van der Waals surface area contributed by atoms with E-state index < -0.39 is 0 Å². The summed E-state index contributed by atoms with van der Waals surface area (Å²) in [5, 5.41) is 0. The van der Waals surface area contributed by atoms with E-state index in [-0.39, 0.29) is 5.54 Å². The molecule has 2 fully saturated rings. The molecule has 1 unspecified atom stereocenters. The summed E-state index contributed by atoms with van der Waals surface area (Å²) < 4.78 is 0. The van der Waals surface area contributed by atoms with Gasteiger partial charge in [-0.3, -0.25) is 4.90 Å². The number of rotatable bonds is 6. The highest BCUT2D eigenvalue weighted by molar-refractivity contribution is 4.93. The highest BCUT2D eigenvalue weighted by Gasteiger charge is 2.34. The van der Waals surface area contributed by atoms with Crippen molar-refractivity contribution in [3.05, 3.63) is 0 Å². The lowest BCUT2D eigenvalue weighted by Crippen LogP contribution is -2.54. The molecule has 0 bridgehead atoms. The molecule has 0 radical (unpaired) electrons. The molecule has 4 heteroatoms. The largest absolute Gasteiger partial charge is 0.329 e. The Morgan fingerprint density at radius 2 is 1.70 bits per heavy atom. The van der Waals surface area contributed by atoms with Crippen LogP contribution in [0.1, 0.15) is 39.0 Å². The van der Waals surface area contributed by atoms with Crippen LogP contribution in [0.3, 0.4) is 0 Å². The number of likely N-dealkylation sites (tertiary alicyclic amines) is 2. The third-order valence-corrected chi connectivity index (χ3v) is 5.60. The van der Waals surface area contributed by atoms with E-state index >= 15 is 0 Å². The Hall–Kier alpha value is -0.160. The average molecular weight is 282 g/mol. The zero-order chi connectivity index (χ0) is 14.4. The van der Waals surface area contributed by atoms with Crippen LogP contribution in [-0.2, 0) is 0 Å². The summed E-state index contributed by atoms with van der Waals surface area (Å²) in [6.07, 6.45) is 6.55. The van der Waals surface area contributed by atoms with E-state index in [0.29, 0.717) is 0 Å². The first kappa shape index (κ1) is 16.2. The van der Waals surface area contributed by atoms with Gasteiger partial charge in [-0.1, -0.05) is 6.92 Å². The lowest BCUT2D eigenvalue weighted by atomic mass is 9.89.